The summed E-state index contributed by atoms with van der Waals surface area (Å²) >= 11 is 0. The molecule has 15 heavy (non-hydrogen) atoms. The van der Waals surface area contributed by atoms with Crippen molar-refractivity contribution in [2.24, 2.45) is 0 Å². The van der Waals surface area contributed by atoms with E-state index in [4.69, 9.17) is 5.11 Å². The predicted molar refractivity (Wildman–Crippen MR) is 54.6 cm³/mol. The zero-order chi connectivity index (χ0) is 11.4. The van der Waals surface area contributed by atoms with E-state index in [0.29, 0.717) is 18.8 Å². The van der Waals surface area contributed by atoms with E-state index in [9.17, 15) is 4.79 Å². The van der Waals surface area contributed by atoms with Gasteiger partial charge in [0.05, 0.1) is 0 Å². The average Bonchev–Trinajstić information content (AvgIpc) is 2.45. The molecule has 1 aromatic rings. The third kappa shape index (κ3) is 3.02. The molecule has 0 aromatic carbocycles. The van der Waals surface area contributed by atoms with Crippen molar-refractivity contribution in [3.05, 3.63) is 11.6 Å². The van der Waals surface area contributed by atoms with Crippen molar-refractivity contribution < 1.29 is 9.90 Å². The molecule has 2 N–H and O–H groups in total. The van der Waals surface area contributed by atoms with Gasteiger partial charge in [0.15, 0.2) is 0 Å². The number of aromatic nitrogens is 3. The molecule has 6 nitrogen and oxygen atoms in total. The second-order valence-corrected chi connectivity index (χ2v) is 3.40. The zero-order valence-corrected chi connectivity index (χ0v) is 9.19. The first-order valence-electron chi connectivity index (χ1n) is 4.82. The van der Waals surface area contributed by atoms with Crippen LogP contribution in [0.2, 0.25) is 0 Å². The van der Waals surface area contributed by atoms with Crippen LogP contribution < -0.4 is 5.32 Å². The molecule has 0 saturated carbocycles. The van der Waals surface area contributed by atoms with Crippen LogP contribution in [0.1, 0.15) is 18.1 Å². The maximum absolute atomic E-state index is 10.7. The molecule has 0 radical (unpaired) electrons. The number of aryl methyl sites for hydroxylation is 3. The quantitative estimate of drug-likeness (QED) is 0.715. The number of nitrogens with one attached hydrogen (secondary N) is 1. The Kier molecular flexibility index (Phi) is 3.79. The van der Waals surface area contributed by atoms with Gasteiger partial charge in [-0.3, -0.25) is 9.48 Å². The van der Waals surface area contributed by atoms with Crippen LogP contribution in [0.5, 0.6) is 0 Å². The van der Waals surface area contributed by atoms with Crippen LogP contribution in [0.25, 0.3) is 0 Å². The molecule has 1 atom stereocenters. The molecule has 1 heterocycles. The number of carbonyl (C=O) groups is 1. The summed E-state index contributed by atoms with van der Waals surface area (Å²) in [5.74, 6) is 0.684. The maximum atomic E-state index is 10.7. The second kappa shape index (κ2) is 4.88. The minimum Gasteiger partial charge on any atom is -0.480 e. The summed E-state index contributed by atoms with van der Waals surface area (Å²) in [6.07, 6.45) is 0.496. The van der Waals surface area contributed by atoms with E-state index in [-0.39, 0.29) is 0 Å². The summed E-state index contributed by atoms with van der Waals surface area (Å²) in [6.45, 7) is 4.23. The van der Waals surface area contributed by atoms with Crippen molar-refractivity contribution >= 4 is 5.97 Å². The fourth-order valence-corrected chi connectivity index (χ4v) is 1.42. The molecule has 0 aliphatic rings. The number of rotatable bonds is 5. The topological polar surface area (TPSA) is 80.0 Å². The predicted octanol–water partition coefficient (Wildman–Crippen LogP) is -0.0424. The third-order valence-electron chi connectivity index (χ3n) is 2.24. The Morgan fingerprint density at radius 2 is 2.27 bits per heavy atom. The summed E-state index contributed by atoms with van der Waals surface area (Å²) in [7, 11) is 1.64. The number of nitrogens with zero attached hydrogens (tertiary/aromatic N) is 3. The van der Waals surface area contributed by atoms with Gasteiger partial charge < -0.3 is 10.4 Å². The van der Waals surface area contributed by atoms with Crippen molar-refractivity contribution in [2.45, 2.75) is 32.9 Å². The standard InChI is InChI=1S/C9H16N4O2/c1-6-11-7(2)13(12-6)5-4-8(10-3)9(14)15/h8,10H,4-5H2,1-3H3,(H,14,15). The minimum atomic E-state index is -0.841. The van der Waals surface area contributed by atoms with Gasteiger partial charge in [-0.05, 0) is 27.3 Å². The molecule has 0 bridgehead atoms. The molecule has 0 amide bonds. The van der Waals surface area contributed by atoms with Gasteiger partial charge in [0.1, 0.15) is 17.7 Å². The number of carboxylic acids is 1. The van der Waals surface area contributed by atoms with E-state index in [2.05, 4.69) is 15.4 Å². The summed E-state index contributed by atoms with van der Waals surface area (Å²) in [5.41, 5.74) is 0. The third-order valence-corrected chi connectivity index (χ3v) is 2.24. The first-order chi connectivity index (χ1) is 7.04. The van der Waals surface area contributed by atoms with Gasteiger partial charge in [0.2, 0.25) is 0 Å². The van der Waals surface area contributed by atoms with Crippen molar-refractivity contribution in [3.63, 3.8) is 0 Å². The minimum absolute atomic E-state index is 0.496. The summed E-state index contributed by atoms with van der Waals surface area (Å²) in [6, 6.07) is -0.533. The van der Waals surface area contributed by atoms with E-state index >= 15 is 0 Å². The molecular formula is C9H16N4O2. The first kappa shape index (κ1) is 11.6. The van der Waals surface area contributed by atoms with Gasteiger partial charge in [-0.2, -0.15) is 5.10 Å². The Balaban J connectivity index is 2.56. The summed E-state index contributed by atoms with van der Waals surface area (Å²) in [5, 5.41) is 15.7. The van der Waals surface area contributed by atoms with E-state index in [0.717, 1.165) is 5.82 Å². The van der Waals surface area contributed by atoms with Crippen LogP contribution in [0.15, 0.2) is 0 Å². The van der Waals surface area contributed by atoms with Gasteiger partial charge in [-0.25, -0.2) is 4.98 Å². The molecule has 6 heteroatoms. The first-order valence-corrected chi connectivity index (χ1v) is 4.82. The Hall–Kier alpha value is -1.43. The number of aliphatic carboxylic acids is 1. The molecule has 0 aliphatic heterocycles. The van der Waals surface area contributed by atoms with Gasteiger partial charge in [0, 0.05) is 6.54 Å². The van der Waals surface area contributed by atoms with Crippen molar-refractivity contribution in [1.82, 2.24) is 20.1 Å². The van der Waals surface area contributed by atoms with Gasteiger partial charge >= 0.3 is 5.97 Å². The van der Waals surface area contributed by atoms with Gasteiger partial charge in [-0.15, -0.1) is 0 Å². The van der Waals surface area contributed by atoms with Crippen LogP contribution in [0.3, 0.4) is 0 Å². The van der Waals surface area contributed by atoms with Crippen LogP contribution >= 0.6 is 0 Å². The molecule has 1 rings (SSSR count). The van der Waals surface area contributed by atoms with Crippen LogP contribution in [0.4, 0.5) is 0 Å². The molecule has 0 saturated heterocycles. The molecular weight excluding hydrogens is 196 g/mol. The van der Waals surface area contributed by atoms with E-state index in [1.165, 1.54) is 0 Å². The Morgan fingerprint density at radius 1 is 1.60 bits per heavy atom. The molecule has 0 fully saturated rings. The highest BCUT2D eigenvalue weighted by atomic mass is 16.4. The molecule has 0 aliphatic carbocycles. The van der Waals surface area contributed by atoms with E-state index in [1.807, 2.05) is 13.8 Å². The number of likely N-dealkylation sites (N-methyl/N-ethyl adjacent to an activating group) is 1. The van der Waals surface area contributed by atoms with Crippen molar-refractivity contribution in [2.75, 3.05) is 7.05 Å². The lowest BCUT2D eigenvalue weighted by Gasteiger charge is -2.10. The van der Waals surface area contributed by atoms with E-state index in [1.54, 1.807) is 11.7 Å². The number of hydrogen-bond donors (Lipinski definition) is 2. The lowest BCUT2D eigenvalue weighted by molar-refractivity contribution is -0.139. The summed E-state index contributed by atoms with van der Waals surface area (Å²) < 4.78 is 1.72. The maximum Gasteiger partial charge on any atom is 0.320 e. The smallest absolute Gasteiger partial charge is 0.320 e. The molecule has 1 unspecified atom stereocenters. The Bertz CT molecular complexity index is 348. The highest BCUT2D eigenvalue weighted by molar-refractivity contribution is 5.73. The fourth-order valence-electron chi connectivity index (χ4n) is 1.42. The van der Waals surface area contributed by atoms with Gasteiger partial charge in [0.25, 0.3) is 0 Å². The zero-order valence-electron chi connectivity index (χ0n) is 9.19. The lowest BCUT2D eigenvalue weighted by Crippen LogP contribution is -2.34. The van der Waals surface area contributed by atoms with Crippen molar-refractivity contribution in [1.29, 1.82) is 0 Å². The molecule has 1 aromatic heterocycles. The highest BCUT2D eigenvalue weighted by Gasteiger charge is 2.15. The highest BCUT2D eigenvalue weighted by Crippen LogP contribution is 2.00. The normalized spacial score (nSPS) is 12.7. The SMILES string of the molecule is CNC(CCn1nc(C)nc1C)C(=O)O. The second-order valence-electron chi connectivity index (χ2n) is 3.40. The largest absolute Gasteiger partial charge is 0.480 e. The number of hydrogen-bond acceptors (Lipinski definition) is 4. The summed E-state index contributed by atoms with van der Waals surface area (Å²) in [4.78, 5) is 14.9. The number of carboxylic acid groups (broad SMARTS) is 1. The molecule has 84 valence electrons. The van der Waals surface area contributed by atoms with Crippen LogP contribution in [0, 0.1) is 13.8 Å². The van der Waals surface area contributed by atoms with Crippen LogP contribution in [-0.2, 0) is 11.3 Å². The van der Waals surface area contributed by atoms with E-state index < -0.39 is 12.0 Å². The average molecular weight is 212 g/mol. The van der Waals surface area contributed by atoms with Gasteiger partial charge in [-0.1, -0.05) is 0 Å². The Labute approximate surface area is 88.3 Å². The van der Waals surface area contributed by atoms with Crippen LogP contribution in [-0.4, -0.2) is 38.9 Å². The Morgan fingerprint density at radius 3 is 2.67 bits per heavy atom. The monoisotopic (exact) mass is 212 g/mol. The van der Waals surface area contributed by atoms with Crippen molar-refractivity contribution in [3.8, 4) is 0 Å². The lowest BCUT2D eigenvalue weighted by atomic mass is 10.2. The fraction of sp³-hybridized carbons (Fsp3) is 0.667. The molecule has 0 spiro atoms.